The molecule has 0 aliphatic carbocycles. The number of ether oxygens (including phenoxy) is 1. The minimum atomic E-state index is -0.0989. The molecular weight excluding hydrogens is 409 g/mol. The molecule has 2 heterocycles. The number of halogens is 1. The van der Waals surface area contributed by atoms with E-state index in [2.05, 4.69) is 15.2 Å². The van der Waals surface area contributed by atoms with Gasteiger partial charge in [0, 0.05) is 33.1 Å². The molecule has 0 amide bonds. The number of esters is 1. The van der Waals surface area contributed by atoms with Gasteiger partial charge in [0.25, 0.3) is 0 Å². The Hall–Kier alpha value is -1.25. The molecule has 23 heavy (non-hydrogen) atoms. The summed E-state index contributed by atoms with van der Waals surface area (Å²) in [5.41, 5.74) is 0. The molecule has 1 aromatic rings. The molecule has 1 N–H and O–H groups in total. The summed E-state index contributed by atoms with van der Waals surface area (Å²) in [6, 6.07) is 3.85. The minimum absolute atomic E-state index is 0. The number of furan rings is 1. The number of aliphatic imine (C=N–C) groups is 1. The van der Waals surface area contributed by atoms with Crippen LogP contribution in [0.15, 0.2) is 27.8 Å². The average Bonchev–Trinajstić information content (AvgIpc) is 3.05. The van der Waals surface area contributed by atoms with Crippen LogP contribution in [0.4, 0.5) is 0 Å². The SMILES string of the molecule is CCOC(=O)C1CCCN(C(=NC)NCCc2ccco2)C1.I. The van der Waals surface area contributed by atoms with Crippen molar-refractivity contribution in [2.24, 2.45) is 10.9 Å². The van der Waals surface area contributed by atoms with E-state index in [1.807, 2.05) is 19.1 Å². The van der Waals surface area contributed by atoms with E-state index in [1.54, 1.807) is 13.3 Å². The third-order valence-electron chi connectivity index (χ3n) is 3.79. The van der Waals surface area contributed by atoms with E-state index < -0.39 is 0 Å². The molecule has 130 valence electrons. The van der Waals surface area contributed by atoms with Crippen molar-refractivity contribution in [1.29, 1.82) is 0 Å². The van der Waals surface area contributed by atoms with Crippen LogP contribution in [0, 0.1) is 5.92 Å². The Morgan fingerprint density at radius 2 is 2.39 bits per heavy atom. The van der Waals surface area contributed by atoms with Gasteiger partial charge in [0.2, 0.25) is 0 Å². The maximum absolute atomic E-state index is 11.9. The molecule has 6 nitrogen and oxygen atoms in total. The zero-order chi connectivity index (χ0) is 15.8. The molecular formula is C16H26IN3O3. The summed E-state index contributed by atoms with van der Waals surface area (Å²) < 4.78 is 10.5. The number of carbonyl (C=O) groups excluding carboxylic acids is 1. The minimum Gasteiger partial charge on any atom is -0.469 e. The maximum atomic E-state index is 11.9. The Morgan fingerprint density at radius 3 is 3.04 bits per heavy atom. The van der Waals surface area contributed by atoms with Gasteiger partial charge in [0.1, 0.15) is 5.76 Å². The van der Waals surface area contributed by atoms with Crippen LogP contribution < -0.4 is 5.32 Å². The van der Waals surface area contributed by atoms with Gasteiger partial charge >= 0.3 is 5.97 Å². The third kappa shape index (κ3) is 6.04. The number of likely N-dealkylation sites (tertiary alicyclic amines) is 1. The van der Waals surface area contributed by atoms with Gasteiger partial charge in [0.15, 0.2) is 5.96 Å². The smallest absolute Gasteiger partial charge is 0.310 e. The lowest BCUT2D eigenvalue weighted by atomic mass is 9.98. The second-order valence-electron chi connectivity index (χ2n) is 5.34. The molecule has 0 radical (unpaired) electrons. The van der Waals surface area contributed by atoms with E-state index in [4.69, 9.17) is 9.15 Å². The molecule has 1 aliphatic heterocycles. The zero-order valence-corrected chi connectivity index (χ0v) is 16.1. The Balaban J connectivity index is 0.00000264. The summed E-state index contributed by atoms with van der Waals surface area (Å²) in [6.07, 6.45) is 4.35. The van der Waals surface area contributed by atoms with Crippen LogP contribution in [-0.2, 0) is 16.0 Å². The Kier molecular flexibility index (Phi) is 9.05. The molecule has 1 aliphatic rings. The summed E-state index contributed by atoms with van der Waals surface area (Å²) >= 11 is 0. The summed E-state index contributed by atoms with van der Waals surface area (Å²) in [6.45, 7) is 4.61. The van der Waals surface area contributed by atoms with Gasteiger partial charge in [0.05, 0.1) is 18.8 Å². The number of hydrogen-bond acceptors (Lipinski definition) is 4. The first kappa shape index (κ1) is 19.8. The van der Waals surface area contributed by atoms with Crippen molar-refractivity contribution in [3.63, 3.8) is 0 Å². The number of carbonyl (C=O) groups is 1. The van der Waals surface area contributed by atoms with Crippen molar-refractivity contribution < 1.29 is 13.9 Å². The first-order valence-corrected chi connectivity index (χ1v) is 7.89. The lowest BCUT2D eigenvalue weighted by Crippen LogP contribution is -2.48. The Labute approximate surface area is 154 Å². The molecule has 1 fully saturated rings. The van der Waals surface area contributed by atoms with Gasteiger partial charge in [-0.1, -0.05) is 0 Å². The molecule has 7 heteroatoms. The largest absolute Gasteiger partial charge is 0.469 e. The van der Waals surface area contributed by atoms with Gasteiger partial charge in [-0.15, -0.1) is 24.0 Å². The predicted octanol–water partition coefficient (Wildman–Crippen LogP) is 2.29. The normalized spacial score (nSPS) is 18.3. The van der Waals surface area contributed by atoms with Gasteiger partial charge in [-0.25, -0.2) is 0 Å². The predicted molar refractivity (Wildman–Crippen MR) is 100 cm³/mol. The molecule has 1 aromatic heterocycles. The molecule has 2 rings (SSSR count). The second kappa shape index (κ2) is 10.5. The van der Waals surface area contributed by atoms with Crippen LogP contribution in [0.1, 0.15) is 25.5 Å². The van der Waals surface area contributed by atoms with E-state index in [1.165, 1.54) is 0 Å². The molecule has 0 aromatic carbocycles. The molecule has 1 unspecified atom stereocenters. The van der Waals surface area contributed by atoms with Crippen molar-refractivity contribution in [1.82, 2.24) is 10.2 Å². The number of piperidine rings is 1. The number of nitrogens with zero attached hydrogens (tertiary/aromatic N) is 2. The van der Waals surface area contributed by atoms with E-state index in [0.29, 0.717) is 13.2 Å². The fraction of sp³-hybridized carbons (Fsp3) is 0.625. The monoisotopic (exact) mass is 435 g/mol. The number of hydrogen-bond donors (Lipinski definition) is 1. The van der Waals surface area contributed by atoms with Crippen molar-refractivity contribution in [2.45, 2.75) is 26.2 Å². The number of guanidine groups is 1. The Morgan fingerprint density at radius 1 is 1.57 bits per heavy atom. The quantitative estimate of drug-likeness (QED) is 0.333. The highest BCUT2D eigenvalue weighted by molar-refractivity contribution is 14.0. The maximum Gasteiger partial charge on any atom is 0.310 e. The Bertz CT molecular complexity index is 491. The summed E-state index contributed by atoms with van der Waals surface area (Å²) in [5.74, 6) is 1.63. The van der Waals surface area contributed by atoms with Gasteiger partial charge in [-0.3, -0.25) is 9.79 Å². The van der Waals surface area contributed by atoms with Crippen molar-refractivity contribution >= 4 is 35.9 Å². The van der Waals surface area contributed by atoms with Crippen molar-refractivity contribution in [2.75, 3.05) is 33.3 Å². The highest BCUT2D eigenvalue weighted by atomic mass is 127. The van der Waals surface area contributed by atoms with Crippen LogP contribution in [0.3, 0.4) is 0 Å². The number of rotatable bonds is 5. The molecule has 0 saturated carbocycles. The zero-order valence-electron chi connectivity index (χ0n) is 13.8. The average molecular weight is 435 g/mol. The van der Waals surface area contributed by atoms with E-state index in [0.717, 1.165) is 44.1 Å². The number of nitrogens with one attached hydrogen (secondary N) is 1. The van der Waals surface area contributed by atoms with E-state index >= 15 is 0 Å². The van der Waals surface area contributed by atoms with E-state index in [-0.39, 0.29) is 35.9 Å². The van der Waals surface area contributed by atoms with Crippen molar-refractivity contribution in [3.8, 4) is 0 Å². The molecule has 0 spiro atoms. The van der Waals surface area contributed by atoms with Crippen LogP contribution >= 0.6 is 24.0 Å². The second-order valence-corrected chi connectivity index (χ2v) is 5.34. The fourth-order valence-electron chi connectivity index (χ4n) is 2.71. The van der Waals surface area contributed by atoms with Crippen LogP contribution in [0.2, 0.25) is 0 Å². The summed E-state index contributed by atoms with van der Waals surface area (Å²) in [5, 5.41) is 3.33. The lowest BCUT2D eigenvalue weighted by Gasteiger charge is -2.33. The van der Waals surface area contributed by atoms with Crippen LogP contribution in [0.25, 0.3) is 0 Å². The van der Waals surface area contributed by atoms with Crippen LogP contribution in [0.5, 0.6) is 0 Å². The lowest BCUT2D eigenvalue weighted by molar-refractivity contribution is -0.149. The first-order chi connectivity index (χ1) is 10.7. The van der Waals surface area contributed by atoms with Crippen molar-refractivity contribution in [3.05, 3.63) is 24.2 Å². The highest BCUT2D eigenvalue weighted by Crippen LogP contribution is 2.18. The standard InChI is InChI=1S/C16H25N3O3.HI/c1-3-21-15(20)13-6-4-10-19(12-13)16(17-2)18-9-8-14-7-5-11-22-14;/h5,7,11,13H,3-4,6,8-10,12H2,1-2H3,(H,17,18);1H. The highest BCUT2D eigenvalue weighted by Gasteiger charge is 2.28. The van der Waals surface area contributed by atoms with Gasteiger partial charge in [-0.05, 0) is 31.9 Å². The van der Waals surface area contributed by atoms with Crippen LogP contribution in [-0.4, -0.2) is 50.1 Å². The topological polar surface area (TPSA) is 67.1 Å². The molecule has 1 saturated heterocycles. The van der Waals surface area contributed by atoms with Gasteiger partial charge < -0.3 is 19.4 Å². The third-order valence-corrected chi connectivity index (χ3v) is 3.79. The first-order valence-electron chi connectivity index (χ1n) is 7.89. The summed E-state index contributed by atoms with van der Waals surface area (Å²) in [4.78, 5) is 18.4. The van der Waals surface area contributed by atoms with E-state index in [9.17, 15) is 4.79 Å². The fourth-order valence-corrected chi connectivity index (χ4v) is 2.71. The van der Waals surface area contributed by atoms with Gasteiger partial charge in [-0.2, -0.15) is 0 Å². The molecule has 0 bridgehead atoms. The summed E-state index contributed by atoms with van der Waals surface area (Å²) in [7, 11) is 1.77. The molecule has 1 atom stereocenters.